The van der Waals surface area contributed by atoms with Gasteiger partial charge in [-0.25, -0.2) is 0 Å². The van der Waals surface area contributed by atoms with Crippen molar-refractivity contribution in [1.82, 2.24) is 5.32 Å². The molecule has 0 amide bonds. The van der Waals surface area contributed by atoms with E-state index in [0.29, 0.717) is 11.8 Å². The van der Waals surface area contributed by atoms with Gasteiger partial charge in [-0.1, -0.05) is 24.3 Å². The van der Waals surface area contributed by atoms with Crippen LogP contribution in [0.2, 0.25) is 0 Å². The van der Waals surface area contributed by atoms with Gasteiger partial charge >= 0.3 is 0 Å². The SMILES string of the molecule is CC(C)Oc1ccc(C(c2ccc(OC(C)C)cc2)C2CCNCC2)cc1. The summed E-state index contributed by atoms with van der Waals surface area (Å²) in [6.45, 7) is 10.5. The summed E-state index contributed by atoms with van der Waals surface area (Å²) in [6, 6.07) is 17.4. The minimum Gasteiger partial charge on any atom is -0.491 e. The van der Waals surface area contributed by atoms with E-state index in [-0.39, 0.29) is 12.2 Å². The third-order valence-electron chi connectivity index (χ3n) is 5.08. The van der Waals surface area contributed by atoms with Crippen molar-refractivity contribution in [2.24, 2.45) is 5.92 Å². The van der Waals surface area contributed by atoms with Crippen LogP contribution in [-0.2, 0) is 0 Å². The van der Waals surface area contributed by atoms with Crippen molar-refractivity contribution >= 4 is 0 Å². The first kappa shape index (κ1) is 19.8. The number of piperidine rings is 1. The van der Waals surface area contributed by atoms with E-state index >= 15 is 0 Å². The van der Waals surface area contributed by atoms with E-state index in [4.69, 9.17) is 9.47 Å². The maximum atomic E-state index is 5.83. The van der Waals surface area contributed by atoms with Crippen LogP contribution in [0.5, 0.6) is 11.5 Å². The highest BCUT2D eigenvalue weighted by atomic mass is 16.5. The van der Waals surface area contributed by atoms with Crippen LogP contribution in [-0.4, -0.2) is 25.3 Å². The molecular formula is C24H33NO2. The smallest absolute Gasteiger partial charge is 0.119 e. The van der Waals surface area contributed by atoms with E-state index < -0.39 is 0 Å². The molecule has 0 bridgehead atoms. The van der Waals surface area contributed by atoms with Crippen LogP contribution in [0.4, 0.5) is 0 Å². The van der Waals surface area contributed by atoms with E-state index in [1.165, 1.54) is 24.0 Å². The van der Waals surface area contributed by atoms with E-state index in [2.05, 4.69) is 81.5 Å². The van der Waals surface area contributed by atoms with Crippen LogP contribution in [0.1, 0.15) is 57.6 Å². The Bertz CT molecular complexity index is 632. The van der Waals surface area contributed by atoms with Gasteiger partial charge in [0.2, 0.25) is 0 Å². The maximum Gasteiger partial charge on any atom is 0.119 e. The van der Waals surface area contributed by atoms with Crippen molar-refractivity contribution in [3.05, 3.63) is 59.7 Å². The maximum absolute atomic E-state index is 5.83. The molecular weight excluding hydrogens is 334 g/mol. The normalized spacial score (nSPS) is 15.5. The summed E-state index contributed by atoms with van der Waals surface area (Å²) in [6.07, 6.45) is 2.81. The highest BCUT2D eigenvalue weighted by Crippen LogP contribution is 2.38. The standard InChI is InChI=1S/C24H33NO2/c1-17(2)26-22-9-5-19(6-10-22)24(21-13-15-25-16-14-21)20-7-11-23(12-8-20)27-18(3)4/h5-12,17-18,21,24-25H,13-16H2,1-4H3. The second-order valence-electron chi connectivity index (χ2n) is 8.04. The molecule has 3 heteroatoms. The van der Waals surface area contributed by atoms with E-state index in [1.807, 2.05) is 0 Å². The first-order chi connectivity index (χ1) is 13.0. The predicted octanol–water partition coefficient (Wildman–Crippen LogP) is 5.39. The van der Waals surface area contributed by atoms with Crippen LogP contribution >= 0.6 is 0 Å². The lowest BCUT2D eigenvalue weighted by atomic mass is 9.76. The molecule has 1 aliphatic heterocycles. The molecule has 0 radical (unpaired) electrons. The van der Waals surface area contributed by atoms with Crippen LogP contribution in [0.3, 0.4) is 0 Å². The molecule has 27 heavy (non-hydrogen) atoms. The van der Waals surface area contributed by atoms with Gasteiger partial charge in [-0.2, -0.15) is 0 Å². The topological polar surface area (TPSA) is 30.5 Å². The molecule has 1 saturated heterocycles. The first-order valence-corrected chi connectivity index (χ1v) is 10.3. The Morgan fingerprint density at radius 2 is 1.11 bits per heavy atom. The van der Waals surface area contributed by atoms with Gasteiger partial charge in [-0.15, -0.1) is 0 Å². The molecule has 0 aliphatic carbocycles. The number of benzene rings is 2. The molecule has 1 fully saturated rings. The third-order valence-corrected chi connectivity index (χ3v) is 5.08. The summed E-state index contributed by atoms with van der Waals surface area (Å²) in [7, 11) is 0. The third kappa shape index (κ3) is 5.49. The summed E-state index contributed by atoms with van der Waals surface area (Å²) in [4.78, 5) is 0. The fourth-order valence-electron chi connectivity index (χ4n) is 3.97. The Hall–Kier alpha value is -2.00. The van der Waals surface area contributed by atoms with Crippen molar-refractivity contribution in [2.45, 2.75) is 58.7 Å². The average Bonchev–Trinajstić information content (AvgIpc) is 2.65. The molecule has 0 atom stereocenters. The lowest BCUT2D eigenvalue weighted by Gasteiger charge is -2.32. The molecule has 0 aromatic heterocycles. The Balaban J connectivity index is 1.86. The van der Waals surface area contributed by atoms with Crippen molar-refractivity contribution in [1.29, 1.82) is 0 Å². The van der Waals surface area contributed by atoms with Crippen molar-refractivity contribution < 1.29 is 9.47 Å². The molecule has 146 valence electrons. The second kappa shape index (κ2) is 9.27. The molecule has 1 aliphatic rings. The first-order valence-electron chi connectivity index (χ1n) is 10.3. The van der Waals surface area contributed by atoms with Crippen LogP contribution in [0, 0.1) is 5.92 Å². The van der Waals surface area contributed by atoms with Gasteiger partial charge in [0.15, 0.2) is 0 Å². The minimum absolute atomic E-state index is 0.199. The highest BCUT2D eigenvalue weighted by molar-refractivity contribution is 5.39. The number of rotatable bonds is 7. The van der Waals surface area contributed by atoms with Gasteiger partial charge in [0.1, 0.15) is 11.5 Å². The number of hydrogen-bond donors (Lipinski definition) is 1. The van der Waals surface area contributed by atoms with Gasteiger partial charge in [0, 0.05) is 5.92 Å². The van der Waals surface area contributed by atoms with Gasteiger partial charge in [-0.3, -0.25) is 0 Å². The molecule has 2 aromatic rings. The monoisotopic (exact) mass is 367 g/mol. The fraction of sp³-hybridized carbons (Fsp3) is 0.500. The summed E-state index contributed by atoms with van der Waals surface area (Å²) >= 11 is 0. The van der Waals surface area contributed by atoms with Crippen LogP contribution < -0.4 is 14.8 Å². The molecule has 1 N–H and O–H groups in total. The zero-order valence-electron chi connectivity index (χ0n) is 17.1. The van der Waals surface area contributed by atoms with Gasteiger partial charge < -0.3 is 14.8 Å². The molecule has 2 aromatic carbocycles. The number of nitrogens with one attached hydrogen (secondary N) is 1. The Morgan fingerprint density at radius 1 is 0.704 bits per heavy atom. The minimum atomic E-state index is 0.199. The molecule has 0 saturated carbocycles. The van der Waals surface area contributed by atoms with Crippen LogP contribution in [0.25, 0.3) is 0 Å². The van der Waals surface area contributed by atoms with Crippen molar-refractivity contribution in [2.75, 3.05) is 13.1 Å². The second-order valence-corrected chi connectivity index (χ2v) is 8.04. The molecule has 3 nitrogen and oxygen atoms in total. The summed E-state index contributed by atoms with van der Waals surface area (Å²) in [5, 5.41) is 3.49. The zero-order chi connectivity index (χ0) is 19.2. The Kier molecular flexibility index (Phi) is 6.78. The van der Waals surface area contributed by atoms with Crippen molar-refractivity contribution in [3.8, 4) is 11.5 Å². The lowest BCUT2D eigenvalue weighted by molar-refractivity contribution is 0.242. The van der Waals surface area contributed by atoms with Gasteiger partial charge in [0.25, 0.3) is 0 Å². The molecule has 0 unspecified atom stereocenters. The summed E-state index contributed by atoms with van der Waals surface area (Å²) in [5.41, 5.74) is 2.74. The van der Waals surface area contributed by atoms with Gasteiger partial charge in [0.05, 0.1) is 12.2 Å². The predicted molar refractivity (Wildman–Crippen MR) is 112 cm³/mol. The number of hydrogen-bond acceptors (Lipinski definition) is 3. The molecule has 3 rings (SSSR count). The largest absolute Gasteiger partial charge is 0.491 e. The molecule has 1 heterocycles. The zero-order valence-corrected chi connectivity index (χ0v) is 17.1. The van der Waals surface area contributed by atoms with Crippen molar-refractivity contribution in [3.63, 3.8) is 0 Å². The van der Waals surface area contributed by atoms with E-state index in [1.54, 1.807) is 0 Å². The van der Waals surface area contributed by atoms with Gasteiger partial charge in [-0.05, 0) is 94.9 Å². The lowest BCUT2D eigenvalue weighted by Crippen LogP contribution is -2.31. The summed E-state index contributed by atoms with van der Waals surface area (Å²) < 4.78 is 11.7. The van der Waals surface area contributed by atoms with Crippen LogP contribution in [0.15, 0.2) is 48.5 Å². The quantitative estimate of drug-likeness (QED) is 0.711. The Labute approximate surface area is 164 Å². The Morgan fingerprint density at radius 3 is 1.48 bits per heavy atom. The molecule has 0 spiro atoms. The van der Waals surface area contributed by atoms with E-state index in [0.717, 1.165) is 24.6 Å². The highest BCUT2D eigenvalue weighted by Gasteiger charge is 2.26. The fourth-order valence-corrected chi connectivity index (χ4v) is 3.97. The number of ether oxygens (including phenoxy) is 2. The van der Waals surface area contributed by atoms with E-state index in [9.17, 15) is 0 Å². The summed E-state index contributed by atoms with van der Waals surface area (Å²) in [5.74, 6) is 2.95. The average molecular weight is 368 g/mol.